The van der Waals surface area contributed by atoms with E-state index in [0.717, 1.165) is 37.7 Å². The van der Waals surface area contributed by atoms with E-state index in [0.29, 0.717) is 44.7 Å². The lowest BCUT2D eigenvalue weighted by molar-refractivity contribution is -0.137. The molecule has 0 aromatic heterocycles. The molecule has 5 unspecified atom stereocenters. The van der Waals surface area contributed by atoms with E-state index in [2.05, 4.69) is 28.4 Å². The van der Waals surface area contributed by atoms with E-state index in [1.54, 1.807) is 21.0 Å². The number of hydrogen-bond donors (Lipinski definition) is 4. The number of likely N-dealkylation sites (N-methyl/N-ethyl adjacent to an activating group) is 2. The van der Waals surface area contributed by atoms with E-state index in [1.807, 2.05) is 30.3 Å². The molecule has 0 saturated heterocycles. The van der Waals surface area contributed by atoms with Gasteiger partial charge in [0.1, 0.15) is 12.8 Å². The molecular formula is C37H55FN4O5. The van der Waals surface area contributed by atoms with E-state index in [4.69, 9.17) is 6.42 Å². The normalized spacial score (nSPS) is 16.5. The highest BCUT2D eigenvalue weighted by atomic mass is 19.1. The van der Waals surface area contributed by atoms with E-state index >= 15 is 0 Å². The second-order valence-corrected chi connectivity index (χ2v) is 12.8. The van der Waals surface area contributed by atoms with E-state index < -0.39 is 48.8 Å². The molecule has 10 heteroatoms. The van der Waals surface area contributed by atoms with Crippen LogP contribution in [0.15, 0.2) is 30.3 Å². The van der Waals surface area contributed by atoms with Gasteiger partial charge in [0.25, 0.3) is 0 Å². The summed E-state index contributed by atoms with van der Waals surface area (Å²) in [6.45, 7) is 1.66. The number of benzene rings is 1. The number of amides is 3. The van der Waals surface area contributed by atoms with Crippen molar-refractivity contribution in [3.05, 3.63) is 35.9 Å². The van der Waals surface area contributed by atoms with Crippen molar-refractivity contribution in [2.75, 3.05) is 34.0 Å². The number of unbranched alkanes of at least 4 members (excludes halogenated alkanes) is 1. The quantitative estimate of drug-likeness (QED) is 0.0972. The smallest absolute Gasteiger partial charge is 0.243 e. The van der Waals surface area contributed by atoms with Gasteiger partial charge in [-0.15, -0.1) is 24.2 Å². The predicted molar refractivity (Wildman–Crippen MR) is 182 cm³/mol. The summed E-state index contributed by atoms with van der Waals surface area (Å²) in [5, 5.41) is 27.8. The van der Waals surface area contributed by atoms with Gasteiger partial charge in [-0.1, -0.05) is 62.4 Å². The molecule has 0 aliphatic heterocycles. The van der Waals surface area contributed by atoms with E-state index in [9.17, 15) is 29.0 Å². The maximum Gasteiger partial charge on any atom is 0.243 e. The number of aliphatic hydroxyl groups is 2. The molecule has 47 heavy (non-hydrogen) atoms. The van der Waals surface area contributed by atoms with Crippen molar-refractivity contribution in [2.24, 2.45) is 11.8 Å². The number of carbonyl (C=O) groups excluding carboxylic acids is 3. The summed E-state index contributed by atoms with van der Waals surface area (Å²) < 4.78 is 12.9. The zero-order valence-corrected chi connectivity index (χ0v) is 28.4. The van der Waals surface area contributed by atoms with Crippen molar-refractivity contribution < 1.29 is 29.0 Å². The Morgan fingerprint density at radius 3 is 2.38 bits per heavy atom. The Morgan fingerprint density at radius 2 is 1.74 bits per heavy atom. The number of terminal acetylenes is 1. The summed E-state index contributed by atoms with van der Waals surface area (Å²) in [6.07, 6.45) is 10.4. The number of hydrogen-bond acceptors (Lipinski definition) is 6. The first kappa shape index (κ1) is 39.7. The third-order valence-electron chi connectivity index (χ3n) is 8.95. The van der Waals surface area contributed by atoms with Gasteiger partial charge < -0.3 is 25.7 Å². The molecule has 9 nitrogen and oxygen atoms in total. The van der Waals surface area contributed by atoms with Gasteiger partial charge in [-0.05, 0) is 51.1 Å². The lowest BCUT2D eigenvalue weighted by Crippen LogP contribution is -2.56. The predicted octanol–water partition coefficient (Wildman–Crippen LogP) is 3.43. The van der Waals surface area contributed by atoms with E-state index in [-0.39, 0.29) is 25.2 Å². The van der Waals surface area contributed by atoms with Gasteiger partial charge in [0.2, 0.25) is 17.7 Å². The molecule has 1 aromatic carbocycles. The molecule has 1 aliphatic rings. The third kappa shape index (κ3) is 14.9. The van der Waals surface area contributed by atoms with Crippen LogP contribution in [0.2, 0.25) is 0 Å². The highest BCUT2D eigenvalue weighted by molar-refractivity contribution is 5.91. The minimum absolute atomic E-state index is 0.0342. The number of halogens is 1. The number of alkyl halides is 1. The van der Waals surface area contributed by atoms with Gasteiger partial charge in [-0.3, -0.25) is 19.3 Å². The lowest BCUT2D eigenvalue weighted by atomic mass is 9.82. The van der Waals surface area contributed by atoms with Crippen LogP contribution in [-0.2, 0) is 20.8 Å². The van der Waals surface area contributed by atoms with Crippen molar-refractivity contribution in [1.82, 2.24) is 20.4 Å². The van der Waals surface area contributed by atoms with Crippen LogP contribution in [0.3, 0.4) is 0 Å². The van der Waals surface area contributed by atoms with Gasteiger partial charge in [0.15, 0.2) is 0 Å². The number of aliphatic hydroxyl groups excluding tert-OH is 2. The monoisotopic (exact) mass is 654 g/mol. The minimum atomic E-state index is -1.21. The van der Waals surface area contributed by atoms with Gasteiger partial charge >= 0.3 is 0 Å². The standard InChI is InChI=1S/C37H55FN4O5/c1-5-7-11-21-33(43)35(45)32(25-29-18-14-10-15-19-29)40-37(47)31(20-8-6-2)39-36(46)30(24-28-16-12-9-13-17-28)26-34(44)42(4)23-22-41(3)27-38/h1,9,12-13,16-17,29-33,35,43,45H,7,10-11,14-15,18-27H2,2-4H3,(H,39,46)(H,40,47). The number of nitrogens with one attached hydrogen (secondary N) is 2. The summed E-state index contributed by atoms with van der Waals surface area (Å²) in [5.74, 6) is 6.49. The Morgan fingerprint density at radius 1 is 1.04 bits per heavy atom. The molecule has 0 heterocycles. The highest BCUT2D eigenvalue weighted by Gasteiger charge is 2.34. The van der Waals surface area contributed by atoms with Crippen molar-refractivity contribution in [1.29, 1.82) is 0 Å². The number of rotatable bonds is 20. The fourth-order valence-electron chi connectivity index (χ4n) is 5.93. The fourth-order valence-corrected chi connectivity index (χ4v) is 5.93. The summed E-state index contributed by atoms with van der Waals surface area (Å²) in [6, 6.07) is 7.57. The highest BCUT2D eigenvalue weighted by Crippen LogP contribution is 2.29. The van der Waals surface area contributed by atoms with Crippen LogP contribution in [0.5, 0.6) is 0 Å². The van der Waals surface area contributed by atoms with Crippen molar-refractivity contribution in [2.45, 2.75) is 108 Å². The Bertz CT molecular complexity index is 1190. The fraction of sp³-hybridized carbons (Fsp3) is 0.649. The molecule has 3 amide bonds. The lowest BCUT2D eigenvalue weighted by Gasteiger charge is -2.33. The Balaban J connectivity index is 2.24. The average molecular weight is 655 g/mol. The maximum absolute atomic E-state index is 13.8. The first-order valence-corrected chi connectivity index (χ1v) is 16.9. The molecule has 0 spiro atoms. The maximum atomic E-state index is 13.8. The van der Waals surface area contributed by atoms with Crippen LogP contribution >= 0.6 is 0 Å². The largest absolute Gasteiger partial charge is 0.390 e. The number of nitrogens with zero attached hydrogens (tertiary/aromatic N) is 2. The molecule has 4 N–H and O–H groups in total. The van der Waals surface area contributed by atoms with E-state index in [1.165, 1.54) is 9.80 Å². The molecule has 1 saturated carbocycles. The molecule has 260 valence electrons. The minimum Gasteiger partial charge on any atom is -0.390 e. The van der Waals surface area contributed by atoms with Crippen molar-refractivity contribution in [3.8, 4) is 24.2 Å². The number of carbonyl (C=O) groups is 3. The summed E-state index contributed by atoms with van der Waals surface area (Å²) in [7, 11) is 3.24. The zero-order valence-electron chi connectivity index (χ0n) is 28.4. The zero-order chi connectivity index (χ0) is 34.6. The summed E-state index contributed by atoms with van der Waals surface area (Å²) in [4.78, 5) is 43.7. The second kappa shape index (κ2) is 22.2. The van der Waals surface area contributed by atoms with Gasteiger partial charge in [0.05, 0.1) is 24.2 Å². The summed E-state index contributed by atoms with van der Waals surface area (Å²) in [5.41, 5.74) is 0.865. The van der Waals surface area contributed by atoms with Crippen LogP contribution in [0.1, 0.15) is 83.1 Å². The molecular weight excluding hydrogens is 599 g/mol. The van der Waals surface area contributed by atoms with Crippen LogP contribution in [-0.4, -0.2) is 96.0 Å². The third-order valence-corrected chi connectivity index (χ3v) is 8.95. The van der Waals surface area contributed by atoms with Gasteiger partial charge in [-0.25, -0.2) is 4.39 Å². The van der Waals surface area contributed by atoms with Gasteiger partial charge in [-0.2, -0.15) is 0 Å². The van der Waals surface area contributed by atoms with Crippen LogP contribution in [0.4, 0.5) is 4.39 Å². The second-order valence-electron chi connectivity index (χ2n) is 12.8. The molecule has 1 aromatic rings. The topological polar surface area (TPSA) is 122 Å². The van der Waals surface area contributed by atoms with Crippen molar-refractivity contribution in [3.63, 3.8) is 0 Å². The first-order chi connectivity index (χ1) is 22.6. The molecule has 0 radical (unpaired) electrons. The Hall–Kier alpha value is -3.44. The van der Waals surface area contributed by atoms with Crippen LogP contribution in [0, 0.1) is 36.0 Å². The van der Waals surface area contributed by atoms with Gasteiger partial charge in [0, 0.05) is 39.4 Å². The molecule has 5 atom stereocenters. The Labute approximate surface area is 281 Å². The van der Waals surface area contributed by atoms with Crippen LogP contribution < -0.4 is 10.6 Å². The summed E-state index contributed by atoms with van der Waals surface area (Å²) >= 11 is 0. The molecule has 1 fully saturated rings. The molecule has 2 rings (SSSR count). The van der Waals surface area contributed by atoms with Crippen LogP contribution in [0.25, 0.3) is 0 Å². The Kier molecular flexibility index (Phi) is 18.8. The SMILES string of the molecule is C#CCCCC(O)C(O)C(CC1CCCCC1)NC(=O)C(CC#CC)NC(=O)C(CC(=O)N(C)CCN(C)CF)Cc1ccccc1. The molecule has 0 bridgehead atoms. The van der Waals surface area contributed by atoms with Crippen molar-refractivity contribution >= 4 is 17.7 Å². The molecule has 1 aliphatic carbocycles. The average Bonchev–Trinajstić information content (AvgIpc) is 3.08. The first-order valence-electron chi connectivity index (χ1n) is 16.9.